The lowest BCUT2D eigenvalue weighted by molar-refractivity contribution is 0.434. The summed E-state index contributed by atoms with van der Waals surface area (Å²) in [4.78, 5) is 0. The molecular formula is C28H38. The van der Waals surface area contributed by atoms with Crippen LogP contribution in [0.5, 0.6) is 0 Å². The second-order valence-corrected chi connectivity index (χ2v) is 8.75. The molecule has 0 saturated carbocycles. The third-order valence-electron chi connectivity index (χ3n) is 6.54. The van der Waals surface area contributed by atoms with Crippen LogP contribution in [0.4, 0.5) is 0 Å². The monoisotopic (exact) mass is 374 g/mol. The normalized spacial score (nSPS) is 18.0. The van der Waals surface area contributed by atoms with Crippen LogP contribution in [-0.2, 0) is 0 Å². The van der Waals surface area contributed by atoms with E-state index in [1.54, 1.807) is 5.57 Å². The van der Waals surface area contributed by atoms with Crippen LogP contribution in [0.1, 0.15) is 95.6 Å². The predicted octanol–water partition coefficient (Wildman–Crippen LogP) is 9.02. The molecule has 0 aliphatic heterocycles. The molecular weight excluding hydrogens is 336 g/mol. The van der Waals surface area contributed by atoms with Gasteiger partial charge < -0.3 is 0 Å². The molecule has 2 unspecified atom stereocenters. The summed E-state index contributed by atoms with van der Waals surface area (Å²) in [6, 6.07) is 18.5. The minimum absolute atomic E-state index is 0.663. The summed E-state index contributed by atoms with van der Waals surface area (Å²) >= 11 is 0. The summed E-state index contributed by atoms with van der Waals surface area (Å²) in [5.41, 5.74) is 7.10. The fourth-order valence-electron chi connectivity index (χ4n) is 4.46. The Morgan fingerprint density at radius 2 is 1.43 bits per heavy atom. The minimum Gasteiger partial charge on any atom is -0.0804 e. The van der Waals surface area contributed by atoms with Crippen molar-refractivity contribution in [2.45, 2.75) is 84.5 Å². The van der Waals surface area contributed by atoms with Crippen molar-refractivity contribution in [3.05, 3.63) is 65.7 Å². The molecule has 28 heavy (non-hydrogen) atoms. The maximum Gasteiger partial charge on any atom is -0.0184 e. The molecule has 0 heteroatoms. The number of hydrogen-bond acceptors (Lipinski definition) is 0. The SMILES string of the molecule is CCCCC1CC=C(c2ccc(-c3ccc(C(C)CCCC)cc3)cc2)CC1. The number of allylic oxidation sites excluding steroid dienone is 2. The zero-order chi connectivity index (χ0) is 19.8. The molecule has 2 aromatic rings. The summed E-state index contributed by atoms with van der Waals surface area (Å²) in [7, 11) is 0. The molecule has 1 aliphatic carbocycles. The molecule has 0 bridgehead atoms. The zero-order valence-electron chi connectivity index (χ0n) is 18.2. The fraction of sp³-hybridized carbons (Fsp3) is 0.500. The van der Waals surface area contributed by atoms with Gasteiger partial charge in [0.25, 0.3) is 0 Å². The van der Waals surface area contributed by atoms with Crippen LogP contribution in [-0.4, -0.2) is 0 Å². The van der Waals surface area contributed by atoms with Crippen molar-refractivity contribution in [2.75, 3.05) is 0 Å². The van der Waals surface area contributed by atoms with E-state index in [4.69, 9.17) is 0 Å². The number of unbranched alkanes of at least 4 members (excludes halogenated alkanes) is 2. The second-order valence-electron chi connectivity index (χ2n) is 8.75. The van der Waals surface area contributed by atoms with Crippen molar-refractivity contribution in [1.82, 2.24) is 0 Å². The van der Waals surface area contributed by atoms with Crippen molar-refractivity contribution in [1.29, 1.82) is 0 Å². The smallest absolute Gasteiger partial charge is 0.0184 e. The van der Waals surface area contributed by atoms with Gasteiger partial charge in [-0.05, 0) is 65.3 Å². The molecule has 0 radical (unpaired) electrons. The first kappa shape index (κ1) is 20.9. The number of rotatable bonds is 9. The van der Waals surface area contributed by atoms with Gasteiger partial charge in [-0.3, -0.25) is 0 Å². The van der Waals surface area contributed by atoms with E-state index in [2.05, 4.69) is 75.4 Å². The van der Waals surface area contributed by atoms with E-state index in [-0.39, 0.29) is 0 Å². The highest BCUT2D eigenvalue weighted by Crippen LogP contribution is 2.33. The molecule has 1 aliphatic rings. The van der Waals surface area contributed by atoms with E-state index in [0.29, 0.717) is 5.92 Å². The van der Waals surface area contributed by atoms with Crippen molar-refractivity contribution >= 4 is 5.57 Å². The predicted molar refractivity (Wildman–Crippen MR) is 125 cm³/mol. The summed E-state index contributed by atoms with van der Waals surface area (Å²) in [5, 5.41) is 0. The van der Waals surface area contributed by atoms with Crippen LogP contribution < -0.4 is 0 Å². The Bertz CT molecular complexity index is 733. The highest BCUT2D eigenvalue weighted by Gasteiger charge is 2.15. The molecule has 3 rings (SSSR count). The summed E-state index contributed by atoms with van der Waals surface area (Å²) < 4.78 is 0. The van der Waals surface area contributed by atoms with Crippen molar-refractivity contribution < 1.29 is 0 Å². The fourth-order valence-corrected chi connectivity index (χ4v) is 4.46. The molecule has 0 fully saturated rings. The van der Waals surface area contributed by atoms with Crippen LogP contribution in [0.15, 0.2) is 54.6 Å². The van der Waals surface area contributed by atoms with Crippen LogP contribution in [0.2, 0.25) is 0 Å². The average Bonchev–Trinajstić information content (AvgIpc) is 2.76. The lowest BCUT2D eigenvalue weighted by Gasteiger charge is -2.22. The highest BCUT2D eigenvalue weighted by molar-refractivity contribution is 5.71. The lowest BCUT2D eigenvalue weighted by Crippen LogP contribution is -2.05. The van der Waals surface area contributed by atoms with Gasteiger partial charge in [-0.15, -0.1) is 0 Å². The van der Waals surface area contributed by atoms with Gasteiger partial charge in [-0.25, -0.2) is 0 Å². The Balaban J connectivity index is 1.62. The van der Waals surface area contributed by atoms with Crippen LogP contribution in [0.25, 0.3) is 16.7 Å². The van der Waals surface area contributed by atoms with E-state index in [1.807, 2.05) is 0 Å². The summed E-state index contributed by atoms with van der Waals surface area (Å²) in [6.07, 6.45) is 14.4. The van der Waals surface area contributed by atoms with E-state index < -0.39 is 0 Å². The third-order valence-corrected chi connectivity index (χ3v) is 6.54. The van der Waals surface area contributed by atoms with Crippen LogP contribution >= 0.6 is 0 Å². The molecule has 2 aromatic carbocycles. The lowest BCUT2D eigenvalue weighted by atomic mass is 9.84. The van der Waals surface area contributed by atoms with Gasteiger partial charge in [0, 0.05) is 0 Å². The maximum atomic E-state index is 2.51. The molecule has 0 heterocycles. The first-order valence-corrected chi connectivity index (χ1v) is 11.6. The van der Waals surface area contributed by atoms with Crippen molar-refractivity contribution in [3.63, 3.8) is 0 Å². The quantitative estimate of drug-likeness (QED) is 0.410. The van der Waals surface area contributed by atoms with Crippen LogP contribution in [0, 0.1) is 5.92 Å². The summed E-state index contributed by atoms with van der Waals surface area (Å²) in [5.74, 6) is 1.58. The van der Waals surface area contributed by atoms with Gasteiger partial charge in [0.1, 0.15) is 0 Å². The molecule has 0 amide bonds. The zero-order valence-corrected chi connectivity index (χ0v) is 18.2. The molecule has 0 nitrogen and oxygen atoms in total. The Kier molecular flexibility index (Phi) is 7.95. The van der Waals surface area contributed by atoms with E-state index in [0.717, 1.165) is 5.92 Å². The molecule has 0 spiro atoms. The minimum atomic E-state index is 0.663. The summed E-state index contributed by atoms with van der Waals surface area (Å²) in [6.45, 7) is 6.92. The van der Waals surface area contributed by atoms with Crippen LogP contribution in [0.3, 0.4) is 0 Å². The highest BCUT2D eigenvalue weighted by atomic mass is 14.2. The number of benzene rings is 2. The van der Waals surface area contributed by atoms with Crippen molar-refractivity contribution in [2.24, 2.45) is 5.92 Å². The van der Waals surface area contributed by atoms with E-state index in [9.17, 15) is 0 Å². The van der Waals surface area contributed by atoms with Gasteiger partial charge >= 0.3 is 0 Å². The van der Waals surface area contributed by atoms with E-state index >= 15 is 0 Å². The van der Waals surface area contributed by atoms with Gasteiger partial charge in [0.2, 0.25) is 0 Å². The molecule has 150 valence electrons. The van der Waals surface area contributed by atoms with E-state index in [1.165, 1.54) is 80.0 Å². The Hall–Kier alpha value is -1.82. The Morgan fingerprint density at radius 3 is 2.00 bits per heavy atom. The van der Waals surface area contributed by atoms with Gasteiger partial charge in [0.05, 0.1) is 0 Å². The Morgan fingerprint density at radius 1 is 0.821 bits per heavy atom. The largest absolute Gasteiger partial charge is 0.0804 e. The molecule has 0 N–H and O–H groups in total. The second kappa shape index (κ2) is 10.6. The average molecular weight is 375 g/mol. The van der Waals surface area contributed by atoms with Crippen molar-refractivity contribution in [3.8, 4) is 11.1 Å². The maximum absolute atomic E-state index is 2.51. The Labute approximate surface area is 173 Å². The standard InChI is InChI=1S/C28H38/c1-4-6-8-22(3)24-14-16-26(17-15-24)28-20-18-27(19-21-28)25-12-10-23(11-13-25)9-7-5-2/h12,14-23H,4-11,13H2,1-3H3. The topological polar surface area (TPSA) is 0 Å². The number of hydrogen-bond donors (Lipinski definition) is 0. The van der Waals surface area contributed by atoms with Gasteiger partial charge in [-0.2, -0.15) is 0 Å². The van der Waals surface area contributed by atoms with Gasteiger partial charge in [0.15, 0.2) is 0 Å². The molecule has 0 aromatic heterocycles. The van der Waals surface area contributed by atoms with Gasteiger partial charge in [-0.1, -0.05) is 107 Å². The third kappa shape index (κ3) is 5.60. The first-order chi connectivity index (χ1) is 13.7. The first-order valence-electron chi connectivity index (χ1n) is 11.6. The molecule has 0 saturated heterocycles. The molecule has 2 atom stereocenters.